The zero-order chi connectivity index (χ0) is 16.6. The molecule has 0 radical (unpaired) electrons. The molecule has 1 saturated heterocycles. The Morgan fingerprint density at radius 2 is 2.00 bits per heavy atom. The lowest BCUT2D eigenvalue weighted by Crippen LogP contribution is -2.34. The Morgan fingerprint density at radius 1 is 1.22 bits per heavy atom. The second-order valence-corrected chi connectivity index (χ2v) is 7.13. The number of amides is 2. The van der Waals surface area contributed by atoms with Gasteiger partial charge in [0, 0.05) is 39.8 Å². The minimum atomic E-state index is -0.0463. The van der Waals surface area contributed by atoms with Crippen LogP contribution in [0.5, 0.6) is 0 Å². The van der Waals surface area contributed by atoms with E-state index in [9.17, 15) is 9.59 Å². The van der Waals surface area contributed by atoms with E-state index in [1.807, 2.05) is 6.07 Å². The van der Waals surface area contributed by atoms with Crippen molar-refractivity contribution >= 4 is 22.7 Å². The van der Waals surface area contributed by atoms with Crippen molar-refractivity contribution < 1.29 is 12.4 Å². The van der Waals surface area contributed by atoms with Crippen LogP contribution in [-0.4, -0.2) is 41.3 Å². The number of rotatable bonds is 1. The summed E-state index contributed by atoms with van der Waals surface area (Å²) >= 11 is 0. The topological polar surface area (TPSA) is 65.2 Å². The van der Waals surface area contributed by atoms with Crippen LogP contribution in [-0.2, 0) is 10.2 Å². The van der Waals surface area contributed by atoms with Crippen LogP contribution in [0.3, 0.4) is 0 Å². The molecule has 2 N–H and O–H groups in total. The van der Waals surface area contributed by atoms with Crippen LogP contribution in [0.2, 0.25) is 0 Å². The largest absolute Gasteiger partial charge is 0.354 e. The van der Waals surface area contributed by atoms with Gasteiger partial charge in [0.1, 0.15) is 5.69 Å². The van der Waals surface area contributed by atoms with Gasteiger partial charge in [-0.3, -0.25) is 9.59 Å². The fourth-order valence-electron chi connectivity index (χ4n) is 2.85. The van der Waals surface area contributed by atoms with Gasteiger partial charge in [0.2, 0.25) is 5.91 Å². The maximum atomic E-state index is 12.7. The zero-order valence-corrected chi connectivity index (χ0v) is 13.9. The molecule has 0 saturated carbocycles. The summed E-state index contributed by atoms with van der Waals surface area (Å²) in [7, 11) is 0. The molecule has 1 aromatic heterocycles. The number of aromatic amines is 1. The van der Waals surface area contributed by atoms with Crippen LogP contribution in [0.15, 0.2) is 24.3 Å². The molecule has 5 heteroatoms. The van der Waals surface area contributed by atoms with Crippen molar-refractivity contribution in [2.24, 2.45) is 0 Å². The van der Waals surface area contributed by atoms with Gasteiger partial charge in [-0.2, -0.15) is 0 Å². The number of hydrogen-bond acceptors (Lipinski definition) is 2. The second kappa shape index (κ2) is 5.72. The van der Waals surface area contributed by atoms with Crippen molar-refractivity contribution in [3.63, 3.8) is 0 Å². The summed E-state index contributed by atoms with van der Waals surface area (Å²) < 4.78 is 0. The van der Waals surface area contributed by atoms with E-state index in [1.165, 1.54) is 5.56 Å². The number of fused-ring (bicyclic) bond motifs is 1. The molecule has 1 aliphatic heterocycles. The van der Waals surface area contributed by atoms with E-state index in [2.05, 4.69) is 49.3 Å². The molecule has 2 amide bonds. The van der Waals surface area contributed by atoms with Gasteiger partial charge in [0.05, 0.1) is 0 Å². The third-order valence-corrected chi connectivity index (χ3v) is 4.32. The Hall–Kier alpha value is -2.30. The highest BCUT2D eigenvalue weighted by molar-refractivity contribution is 5.98. The van der Waals surface area contributed by atoms with Gasteiger partial charge >= 0.3 is 0 Å². The molecule has 0 aliphatic carbocycles. The lowest BCUT2D eigenvalue weighted by atomic mass is 9.87. The van der Waals surface area contributed by atoms with Gasteiger partial charge < -0.3 is 15.2 Å². The van der Waals surface area contributed by atoms with Crippen LogP contribution in [0, 0.1) is 0 Å². The SMILES string of the molecule is CC(C)(C)c1ccc2cc(C(=O)N3CCNC(=O)CC3)[nH]c2c1.[HH].[HH]. The van der Waals surface area contributed by atoms with E-state index >= 15 is 0 Å². The van der Waals surface area contributed by atoms with Crippen LogP contribution < -0.4 is 5.32 Å². The average molecular weight is 317 g/mol. The number of hydrogen-bond donors (Lipinski definition) is 2. The average Bonchev–Trinajstić information content (AvgIpc) is 2.80. The summed E-state index contributed by atoms with van der Waals surface area (Å²) in [4.78, 5) is 29.0. The highest BCUT2D eigenvalue weighted by atomic mass is 16.2. The van der Waals surface area contributed by atoms with Gasteiger partial charge in [-0.25, -0.2) is 0 Å². The molecule has 126 valence electrons. The maximum absolute atomic E-state index is 12.7. The maximum Gasteiger partial charge on any atom is 0.270 e. The molecule has 2 aromatic rings. The fourth-order valence-corrected chi connectivity index (χ4v) is 2.85. The summed E-state index contributed by atoms with van der Waals surface area (Å²) in [6.45, 7) is 8.04. The van der Waals surface area contributed by atoms with Crippen molar-refractivity contribution in [1.82, 2.24) is 15.2 Å². The number of nitrogens with zero attached hydrogens (tertiary/aromatic N) is 1. The predicted molar refractivity (Wildman–Crippen MR) is 94.8 cm³/mol. The molecule has 1 fully saturated rings. The Labute approximate surface area is 139 Å². The number of benzene rings is 1. The molecular formula is C18H27N3O2. The third kappa shape index (κ3) is 3.23. The first-order chi connectivity index (χ1) is 10.8. The highest BCUT2D eigenvalue weighted by Crippen LogP contribution is 2.26. The van der Waals surface area contributed by atoms with Gasteiger partial charge in [-0.15, -0.1) is 0 Å². The standard InChI is InChI=1S/C18H23N3O2.2H2/c1-18(2,3)13-5-4-12-10-15(20-14(12)11-13)17(23)21-8-6-16(22)19-7-9-21;;/h4-5,10-11,20H,6-9H2,1-3H3,(H,19,22);2*1H. The summed E-state index contributed by atoms with van der Waals surface area (Å²) in [5.74, 6) is -0.0400. The summed E-state index contributed by atoms with van der Waals surface area (Å²) in [6, 6.07) is 8.17. The van der Waals surface area contributed by atoms with Gasteiger partial charge in [0.25, 0.3) is 5.91 Å². The highest BCUT2D eigenvalue weighted by Gasteiger charge is 2.21. The molecule has 0 unspecified atom stereocenters. The number of H-pyrrole nitrogens is 1. The quantitative estimate of drug-likeness (QED) is 0.849. The molecule has 23 heavy (non-hydrogen) atoms. The minimum absolute atomic E-state index is 0. The Balaban J connectivity index is 0.00000156. The number of carbonyl (C=O) groups excluding carboxylic acids is 2. The molecule has 2 heterocycles. The molecule has 0 spiro atoms. The van der Waals surface area contributed by atoms with E-state index in [0.29, 0.717) is 31.7 Å². The molecule has 1 aromatic carbocycles. The van der Waals surface area contributed by atoms with Crippen molar-refractivity contribution in [3.05, 3.63) is 35.5 Å². The van der Waals surface area contributed by atoms with Crippen molar-refractivity contribution in [2.75, 3.05) is 19.6 Å². The minimum Gasteiger partial charge on any atom is -0.354 e. The first-order valence-corrected chi connectivity index (χ1v) is 8.04. The van der Waals surface area contributed by atoms with E-state index in [0.717, 1.165) is 10.9 Å². The molecule has 0 atom stereocenters. The molecule has 3 rings (SSSR count). The van der Waals surface area contributed by atoms with Crippen LogP contribution in [0.1, 0.15) is 46.1 Å². The predicted octanol–water partition coefficient (Wildman–Crippen LogP) is 2.92. The first-order valence-electron chi connectivity index (χ1n) is 8.04. The van der Waals surface area contributed by atoms with Gasteiger partial charge in [0.15, 0.2) is 0 Å². The molecular weight excluding hydrogens is 290 g/mol. The number of nitrogens with one attached hydrogen (secondary N) is 2. The lowest BCUT2D eigenvalue weighted by molar-refractivity contribution is -0.120. The summed E-state index contributed by atoms with van der Waals surface area (Å²) in [5, 5.41) is 3.82. The summed E-state index contributed by atoms with van der Waals surface area (Å²) in [6.07, 6.45) is 0.361. The third-order valence-electron chi connectivity index (χ3n) is 4.32. The van der Waals surface area contributed by atoms with E-state index in [1.54, 1.807) is 4.90 Å². The number of aromatic nitrogens is 1. The number of carbonyl (C=O) groups is 2. The van der Waals surface area contributed by atoms with E-state index in [-0.39, 0.29) is 20.1 Å². The Morgan fingerprint density at radius 3 is 2.74 bits per heavy atom. The Kier molecular flexibility index (Phi) is 3.88. The van der Waals surface area contributed by atoms with Gasteiger partial charge in [-0.1, -0.05) is 32.9 Å². The van der Waals surface area contributed by atoms with E-state index in [4.69, 9.17) is 0 Å². The summed E-state index contributed by atoms with van der Waals surface area (Å²) in [5.41, 5.74) is 2.86. The lowest BCUT2D eigenvalue weighted by Gasteiger charge is -2.19. The molecule has 5 nitrogen and oxygen atoms in total. The molecule has 0 bridgehead atoms. The second-order valence-electron chi connectivity index (χ2n) is 7.13. The monoisotopic (exact) mass is 317 g/mol. The van der Waals surface area contributed by atoms with Crippen molar-refractivity contribution in [3.8, 4) is 0 Å². The Bertz CT molecular complexity index is 765. The first kappa shape index (κ1) is 15.6. The van der Waals surface area contributed by atoms with Crippen LogP contribution in [0.25, 0.3) is 10.9 Å². The smallest absolute Gasteiger partial charge is 0.270 e. The fraction of sp³-hybridized carbons (Fsp3) is 0.444. The van der Waals surface area contributed by atoms with Crippen LogP contribution >= 0.6 is 0 Å². The van der Waals surface area contributed by atoms with Crippen LogP contribution in [0.4, 0.5) is 0 Å². The zero-order valence-electron chi connectivity index (χ0n) is 13.9. The van der Waals surface area contributed by atoms with Gasteiger partial charge in [-0.05, 0) is 23.1 Å². The van der Waals surface area contributed by atoms with E-state index < -0.39 is 0 Å². The normalized spacial score (nSPS) is 16.3. The van der Waals surface area contributed by atoms with Crippen molar-refractivity contribution in [1.29, 1.82) is 0 Å². The molecule has 1 aliphatic rings. The van der Waals surface area contributed by atoms with Crippen molar-refractivity contribution in [2.45, 2.75) is 32.6 Å².